The van der Waals surface area contributed by atoms with Gasteiger partial charge in [-0.05, 0) is 66.8 Å². The van der Waals surface area contributed by atoms with Gasteiger partial charge in [0.2, 0.25) is 0 Å². The number of unbranched alkanes of at least 4 members (excludes halogenated alkanes) is 1. The molecule has 0 bridgehead atoms. The average Bonchev–Trinajstić information content (AvgIpc) is 3.30. The van der Waals surface area contributed by atoms with Crippen LogP contribution in [0.5, 0.6) is 17.2 Å². The van der Waals surface area contributed by atoms with Gasteiger partial charge in [-0.15, -0.1) is 0 Å². The van der Waals surface area contributed by atoms with E-state index < -0.39 is 11.9 Å². The van der Waals surface area contributed by atoms with Crippen molar-refractivity contribution < 1.29 is 29.0 Å². The Labute approximate surface area is 208 Å². The number of carboxylic acid groups (broad SMARTS) is 1. The van der Waals surface area contributed by atoms with Crippen LogP contribution in [-0.2, 0) is 14.4 Å². The minimum Gasteiger partial charge on any atom is -0.486 e. The van der Waals surface area contributed by atoms with Gasteiger partial charge in [0, 0.05) is 24.1 Å². The maximum absolute atomic E-state index is 13.2. The van der Waals surface area contributed by atoms with Crippen LogP contribution in [0.1, 0.15) is 37.3 Å². The third kappa shape index (κ3) is 6.60. The van der Waals surface area contributed by atoms with E-state index in [0.717, 1.165) is 10.9 Å². The molecule has 0 aliphatic rings. The van der Waals surface area contributed by atoms with Gasteiger partial charge < -0.3 is 19.6 Å². The molecule has 0 fully saturated rings. The summed E-state index contributed by atoms with van der Waals surface area (Å²) in [5, 5.41) is 9.74. The van der Waals surface area contributed by atoms with E-state index in [1.807, 2.05) is 60.7 Å². The molecular weight excluding hydrogens is 458 g/mol. The second-order valence-corrected chi connectivity index (χ2v) is 8.45. The van der Waals surface area contributed by atoms with Crippen LogP contribution in [0.3, 0.4) is 0 Å². The number of aromatic amines is 1. The second-order valence-electron chi connectivity index (χ2n) is 8.45. The number of ketones is 2. The average molecular weight is 486 g/mol. The van der Waals surface area contributed by atoms with Crippen molar-refractivity contribution >= 4 is 28.4 Å². The molecule has 1 aromatic heterocycles. The molecule has 4 aromatic rings. The van der Waals surface area contributed by atoms with Crippen molar-refractivity contribution in [2.24, 2.45) is 0 Å². The normalized spacial score (nSPS) is 11.7. The predicted molar refractivity (Wildman–Crippen MR) is 136 cm³/mol. The molecule has 3 aromatic carbocycles. The zero-order chi connectivity index (χ0) is 25.3. The number of benzene rings is 3. The van der Waals surface area contributed by atoms with E-state index in [2.05, 4.69) is 4.98 Å². The number of carboxylic acids is 1. The van der Waals surface area contributed by atoms with Gasteiger partial charge in [-0.25, -0.2) is 0 Å². The fourth-order valence-corrected chi connectivity index (χ4v) is 3.96. The van der Waals surface area contributed by atoms with Crippen molar-refractivity contribution in [2.75, 3.05) is 6.61 Å². The Kier molecular flexibility index (Phi) is 8.13. The van der Waals surface area contributed by atoms with Crippen LogP contribution in [0.4, 0.5) is 0 Å². The molecule has 0 amide bonds. The maximum atomic E-state index is 13.2. The molecule has 1 unspecified atom stereocenters. The molecule has 7 heteroatoms. The lowest BCUT2D eigenvalue weighted by Gasteiger charge is -2.15. The highest BCUT2D eigenvalue weighted by molar-refractivity contribution is 6.08. The summed E-state index contributed by atoms with van der Waals surface area (Å²) in [5.41, 5.74) is 1.35. The minimum absolute atomic E-state index is 0.00856. The number of rotatable bonds is 13. The van der Waals surface area contributed by atoms with Gasteiger partial charge in [-0.3, -0.25) is 14.4 Å². The molecule has 0 radical (unpaired) electrons. The summed E-state index contributed by atoms with van der Waals surface area (Å²) in [5.74, 6) is -0.714. The number of H-pyrrole nitrogens is 1. The van der Waals surface area contributed by atoms with Crippen molar-refractivity contribution in [3.05, 3.63) is 90.6 Å². The van der Waals surface area contributed by atoms with Crippen molar-refractivity contribution in [2.45, 2.75) is 31.6 Å². The van der Waals surface area contributed by atoms with E-state index in [-0.39, 0.29) is 31.0 Å². The predicted octanol–water partition coefficient (Wildman–Crippen LogP) is 5.91. The van der Waals surface area contributed by atoms with E-state index in [9.17, 15) is 14.4 Å². The summed E-state index contributed by atoms with van der Waals surface area (Å²) >= 11 is 0. The zero-order valence-corrected chi connectivity index (χ0v) is 19.7. The molecular formula is C29H27NO6. The first-order valence-electron chi connectivity index (χ1n) is 11.8. The Morgan fingerprint density at radius 3 is 2.11 bits per heavy atom. The SMILES string of the molecule is O=C(O)CCCCC(=O)C(C(=O)COc1ccc(Oc2ccccc2)cc1)c1cc2ccccc2[nH]1. The van der Waals surface area contributed by atoms with Crippen LogP contribution >= 0.6 is 0 Å². The van der Waals surface area contributed by atoms with Gasteiger partial charge in [0.25, 0.3) is 0 Å². The number of aromatic nitrogens is 1. The quantitative estimate of drug-likeness (QED) is 0.180. The first-order valence-corrected chi connectivity index (χ1v) is 11.8. The lowest BCUT2D eigenvalue weighted by Crippen LogP contribution is -2.27. The Morgan fingerprint density at radius 1 is 0.750 bits per heavy atom. The van der Waals surface area contributed by atoms with Crippen molar-refractivity contribution in [1.82, 2.24) is 4.98 Å². The summed E-state index contributed by atoms with van der Waals surface area (Å²) in [6.07, 6.45) is 0.886. The third-order valence-electron chi connectivity index (χ3n) is 5.75. The molecule has 4 rings (SSSR count). The first kappa shape index (κ1) is 24.7. The number of aliphatic carboxylic acids is 1. The summed E-state index contributed by atoms with van der Waals surface area (Å²) in [6, 6.07) is 25.6. The van der Waals surface area contributed by atoms with Crippen LogP contribution in [0, 0.1) is 0 Å². The highest BCUT2D eigenvalue weighted by atomic mass is 16.5. The van der Waals surface area contributed by atoms with E-state index in [1.54, 1.807) is 24.3 Å². The number of ether oxygens (including phenoxy) is 2. The van der Waals surface area contributed by atoms with E-state index in [1.165, 1.54) is 0 Å². The van der Waals surface area contributed by atoms with Gasteiger partial charge in [0.15, 0.2) is 5.78 Å². The van der Waals surface area contributed by atoms with Crippen molar-refractivity contribution in [1.29, 1.82) is 0 Å². The highest BCUT2D eigenvalue weighted by Crippen LogP contribution is 2.27. The highest BCUT2D eigenvalue weighted by Gasteiger charge is 2.29. The second kappa shape index (κ2) is 11.8. The van der Waals surface area contributed by atoms with Crippen molar-refractivity contribution in [3.8, 4) is 17.2 Å². The molecule has 2 N–H and O–H groups in total. The Hall–Kier alpha value is -4.39. The molecule has 184 valence electrons. The Bertz CT molecular complexity index is 1290. The fourth-order valence-electron chi connectivity index (χ4n) is 3.96. The zero-order valence-electron chi connectivity index (χ0n) is 19.7. The Balaban J connectivity index is 1.42. The van der Waals surface area contributed by atoms with Gasteiger partial charge in [0.05, 0.1) is 0 Å². The van der Waals surface area contributed by atoms with Gasteiger partial charge >= 0.3 is 5.97 Å². The van der Waals surface area contributed by atoms with E-state index >= 15 is 0 Å². The monoisotopic (exact) mass is 485 g/mol. The van der Waals surface area contributed by atoms with E-state index in [4.69, 9.17) is 14.6 Å². The van der Waals surface area contributed by atoms with Gasteiger partial charge in [-0.1, -0.05) is 36.4 Å². The third-order valence-corrected chi connectivity index (χ3v) is 5.75. The minimum atomic E-state index is -1.01. The molecule has 36 heavy (non-hydrogen) atoms. The Morgan fingerprint density at radius 2 is 1.39 bits per heavy atom. The van der Waals surface area contributed by atoms with Crippen molar-refractivity contribution in [3.63, 3.8) is 0 Å². The lowest BCUT2D eigenvalue weighted by atomic mass is 9.92. The maximum Gasteiger partial charge on any atom is 0.303 e. The van der Waals surface area contributed by atoms with Crippen LogP contribution in [0.15, 0.2) is 84.9 Å². The summed E-state index contributed by atoms with van der Waals surface area (Å²) < 4.78 is 11.5. The van der Waals surface area contributed by atoms with Gasteiger partial charge in [-0.2, -0.15) is 0 Å². The number of hydrogen-bond acceptors (Lipinski definition) is 5. The molecule has 7 nitrogen and oxygen atoms in total. The summed E-state index contributed by atoms with van der Waals surface area (Å²) in [7, 11) is 0. The molecule has 0 saturated heterocycles. The molecule has 1 heterocycles. The van der Waals surface area contributed by atoms with Gasteiger partial charge in [0.1, 0.15) is 35.6 Å². The standard InChI is InChI=1S/C29H27NO6/c31-26(12-6-7-13-28(33)34)29(25-18-20-8-4-5-11-24(20)30-25)27(32)19-35-21-14-16-23(17-15-21)36-22-9-2-1-3-10-22/h1-5,8-11,14-18,29-30H,6-7,12-13,19H2,(H,33,34). The molecule has 0 saturated carbocycles. The topological polar surface area (TPSA) is 106 Å². The number of carbonyl (C=O) groups is 3. The molecule has 1 atom stereocenters. The summed E-state index contributed by atoms with van der Waals surface area (Å²) in [6.45, 7) is -0.278. The number of hydrogen-bond donors (Lipinski definition) is 2. The smallest absolute Gasteiger partial charge is 0.303 e. The molecule has 0 aliphatic heterocycles. The molecule has 0 spiro atoms. The molecule has 0 aliphatic carbocycles. The fraction of sp³-hybridized carbons (Fsp3) is 0.207. The first-order chi connectivity index (χ1) is 17.5. The van der Waals surface area contributed by atoms with Crippen LogP contribution in [0.25, 0.3) is 10.9 Å². The van der Waals surface area contributed by atoms with Crippen LogP contribution in [0.2, 0.25) is 0 Å². The van der Waals surface area contributed by atoms with Crippen LogP contribution < -0.4 is 9.47 Å². The number of nitrogens with one attached hydrogen (secondary N) is 1. The van der Waals surface area contributed by atoms with E-state index in [0.29, 0.717) is 35.8 Å². The number of para-hydroxylation sites is 2. The van der Waals surface area contributed by atoms with Crippen LogP contribution in [-0.4, -0.2) is 34.2 Å². The summed E-state index contributed by atoms with van der Waals surface area (Å²) in [4.78, 5) is 40.2. The lowest BCUT2D eigenvalue weighted by molar-refractivity contribution is -0.137. The number of carbonyl (C=O) groups excluding carboxylic acids is 2. The largest absolute Gasteiger partial charge is 0.486 e. The number of fused-ring (bicyclic) bond motifs is 1. The number of Topliss-reactive ketones (excluding diaryl/α,β-unsaturated/α-hetero) is 2.